The van der Waals surface area contributed by atoms with E-state index < -0.39 is 0 Å². The summed E-state index contributed by atoms with van der Waals surface area (Å²) >= 11 is 0. The molecule has 0 amide bonds. The maximum absolute atomic E-state index is 2.71. The second kappa shape index (κ2) is 14.1. The molecule has 0 aromatic heterocycles. The van der Waals surface area contributed by atoms with Gasteiger partial charge in [-0.25, -0.2) is 0 Å². The molecule has 2 aliphatic heterocycles. The predicted octanol–water partition coefficient (Wildman–Crippen LogP) is 17.0. The largest absolute Gasteiger partial charge is 0.335 e. The lowest BCUT2D eigenvalue weighted by atomic mass is 9.62. The molecule has 314 valence electrons. The standard InChI is InChI=1S/C60H64N2/c1-57(2,3)41-31-33-59(7)51(37-41)49-35-39(27-29-53(49)61(59)43-19-11-9-12-20-43)55-45-23-15-17-25-47(45)56(48-26-18-16-24-46(48)55)40-28-30-54-50(36-40)52-38-42(58(4,5)6)32-34-60(52,8)62(54)44-21-13-10-14-22-44/h9-30,35-36,41-42,51-52H,31-34,37-38H2,1-8H3. The Bertz CT molecular complexity index is 2590. The number of hydrogen-bond donors (Lipinski definition) is 0. The number of para-hydroxylation sites is 2. The summed E-state index contributed by atoms with van der Waals surface area (Å²) in [7, 11) is 0. The zero-order valence-electron chi connectivity index (χ0n) is 38.3. The lowest BCUT2D eigenvalue weighted by molar-refractivity contribution is 0.127. The first kappa shape index (κ1) is 39.5. The molecule has 0 saturated heterocycles. The molecule has 0 bridgehead atoms. The number of hydrogen-bond acceptors (Lipinski definition) is 2. The monoisotopic (exact) mass is 813 g/mol. The van der Waals surface area contributed by atoms with Crippen LogP contribution in [-0.4, -0.2) is 11.1 Å². The van der Waals surface area contributed by atoms with Gasteiger partial charge >= 0.3 is 0 Å². The Balaban J connectivity index is 1.09. The second-order valence-corrected chi connectivity index (χ2v) is 22.2. The normalized spacial score (nSPS) is 25.7. The Kier molecular flexibility index (Phi) is 8.97. The van der Waals surface area contributed by atoms with Gasteiger partial charge < -0.3 is 9.80 Å². The number of benzene rings is 7. The third-order valence-electron chi connectivity index (χ3n) is 16.8. The van der Waals surface area contributed by atoms with Crippen LogP contribution >= 0.6 is 0 Å². The minimum Gasteiger partial charge on any atom is -0.335 e. The molecule has 7 aromatic carbocycles. The minimum absolute atomic E-state index is 0.0308. The first-order chi connectivity index (χ1) is 29.8. The minimum atomic E-state index is 0.0308. The maximum Gasteiger partial charge on any atom is 0.0492 e. The lowest BCUT2D eigenvalue weighted by Gasteiger charge is -2.49. The molecule has 0 N–H and O–H groups in total. The van der Waals surface area contributed by atoms with Gasteiger partial charge in [-0.15, -0.1) is 0 Å². The summed E-state index contributed by atoms with van der Waals surface area (Å²) in [5.41, 5.74) is 14.4. The highest BCUT2D eigenvalue weighted by Crippen LogP contribution is 2.63. The molecular weight excluding hydrogens is 749 g/mol. The fourth-order valence-corrected chi connectivity index (χ4v) is 13.3. The van der Waals surface area contributed by atoms with Crippen LogP contribution in [0.5, 0.6) is 0 Å². The van der Waals surface area contributed by atoms with Gasteiger partial charge in [0.1, 0.15) is 0 Å². The van der Waals surface area contributed by atoms with Gasteiger partial charge in [-0.05, 0) is 178 Å². The van der Waals surface area contributed by atoms with Crippen LogP contribution in [0.25, 0.3) is 43.8 Å². The van der Waals surface area contributed by atoms with E-state index >= 15 is 0 Å². The molecular formula is C60H64N2. The van der Waals surface area contributed by atoms with Crippen molar-refractivity contribution >= 4 is 44.3 Å². The third kappa shape index (κ3) is 5.95. The number of anilines is 4. The van der Waals surface area contributed by atoms with Crippen LogP contribution in [0.4, 0.5) is 22.7 Å². The summed E-state index contributed by atoms with van der Waals surface area (Å²) < 4.78 is 0. The fourth-order valence-electron chi connectivity index (χ4n) is 13.3. The van der Waals surface area contributed by atoms with Crippen molar-refractivity contribution in [2.45, 2.75) is 117 Å². The van der Waals surface area contributed by atoms with Crippen molar-refractivity contribution in [3.63, 3.8) is 0 Å². The van der Waals surface area contributed by atoms with E-state index in [9.17, 15) is 0 Å². The van der Waals surface area contributed by atoms with Crippen LogP contribution < -0.4 is 9.80 Å². The topological polar surface area (TPSA) is 6.48 Å². The summed E-state index contributed by atoms with van der Waals surface area (Å²) in [5.74, 6) is 2.29. The molecule has 2 heteroatoms. The van der Waals surface area contributed by atoms with Gasteiger partial charge in [0.05, 0.1) is 0 Å². The summed E-state index contributed by atoms with van der Waals surface area (Å²) in [6.07, 6.45) is 7.36. The van der Waals surface area contributed by atoms with Gasteiger partial charge in [-0.2, -0.15) is 0 Å². The van der Waals surface area contributed by atoms with Crippen LogP contribution in [0.3, 0.4) is 0 Å². The Morgan fingerprint density at radius 3 is 1.11 bits per heavy atom. The predicted molar refractivity (Wildman–Crippen MR) is 265 cm³/mol. The Morgan fingerprint density at radius 1 is 0.435 bits per heavy atom. The van der Waals surface area contributed by atoms with Gasteiger partial charge in [0.25, 0.3) is 0 Å². The van der Waals surface area contributed by atoms with Crippen molar-refractivity contribution in [3.05, 3.63) is 157 Å². The van der Waals surface area contributed by atoms with Crippen LogP contribution in [0.2, 0.25) is 0 Å². The Hall–Kier alpha value is -5.34. The van der Waals surface area contributed by atoms with Crippen LogP contribution in [0, 0.1) is 22.7 Å². The molecule has 0 spiro atoms. The second-order valence-electron chi connectivity index (χ2n) is 22.2. The van der Waals surface area contributed by atoms with Gasteiger partial charge in [0.2, 0.25) is 0 Å². The van der Waals surface area contributed by atoms with E-state index in [0.29, 0.717) is 23.7 Å². The van der Waals surface area contributed by atoms with E-state index in [1.165, 1.54) is 116 Å². The van der Waals surface area contributed by atoms with Crippen molar-refractivity contribution in [2.75, 3.05) is 9.80 Å². The molecule has 2 heterocycles. The van der Waals surface area contributed by atoms with E-state index in [1.807, 2.05) is 0 Å². The zero-order valence-corrected chi connectivity index (χ0v) is 38.3. The van der Waals surface area contributed by atoms with Gasteiger partial charge in [-0.3, -0.25) is 0 Å². The smallest absolute Gasteiger partial charge is 0.0492 e. The maximum atomic E-state index is 2.71. The van der Waals surface area contributed by atoms with Crippen molar-refractivity contribution < 1.29 is 0 Å². The molecule has 11 rings (SSSR count). The number of nitrogens with zero attached hydrogens (tertiary/aromatic N) is 2. The first-order valence-corrected chi connectivity index (χ1v) is 23.7. The highest BCUT2D eigenvalue weighted by Gasteiger charge is 2.54. The van der Waals surface area contributed by atoms with Crippen LogP contribution in [0.15, 0.2) is 146 Å². The van der Waals surface area contributed by atoms with Gasteiger partial charge in [0.15, 0.2) is 0 Å². The molecule has 7 aromatic rings. The molecule has 2 aliphatic carbocycles. The van der Waals surface area contributed by atoms with E-state index in [4.69, 9.17) is 0 Å². The average Bonchev–Trinajstić information content (AvgIpc) is 3.68. The summed E-state index contributed by atoms with van der Waals surface area (Å²) in [5, 5.41) is 5.33. The zero-order chi connectivity index (χ0) is 42.8. The van der Waals surface area contributed by atoms with Crippen molar-refractivity contribution in [1.82, 2.24) is 0 Å². The SMILES string of the molecule is CC(C)(C)C1CCC2(C)C(C1)c1cc(-c3c4ccccc4c(-c4ccc5c(c4)C4CC(C(C)(C)C)CCC4(C)N5c4ccccc4)c4ccccc34)ccc1N2c1ccccc1. The molecule has 6 atom stereocenters. The molecule has 62 heavy (non-hydrogen) atoms. The molecule has 6 unspecified atom stereocenters. The van der Waals surface area contributed by atoms with E-state index in [-0.39, 0.29) is 21.9 Å². The molecule has 2 saturated carbocycles. The molecule has 2 fully saturated rings. The number of fused-ring (bicyclic) bond motifs is 8. The number of rotatable bonds is 4. The van der Waals surface area contributed by atoms with Crippen molar-refractivity contribution in [2.24, 2.45) is 22.7 Å². The van der Waals surface area contributed by atoms with Crippen LogP contribution in [-0.2, 0) is 0 Å². The Labute approximate surface area is 371 Å². The van der Waals surface area contributed by atoms with E-state index in [1.54, 1.807) is 0 Å². The summed E-state index contributed by atoms with van der Waals surface area (Å²) in [6.45, 7) is 19.8. The average molecular weight is 813 g/mol. The lowest BCUT2D eigenvalue weighted by Crippen LogP contribution is -2.48. The quantitative estimate of drug-likeness (QED) is 0.163. The van der Waals surface area contributed by atoms with E-state index in [0.717, 1.165) is 0 Å². The summed E-state index contributed by atoms with van der Waals surface area (Å²) in [6, 6.07) is 56.0. The van der Waals surface area contributed by atoms with Gasteiger partial charge in [0, 0.05) is 45.7 Å². The molecule has 4 aliphatic rings. The van der Waals surface area contributed by atoms with E-state index in [2.05, 4.69) is 211 Å². The van der Waals surface area contributed by atoms with Gasteiger partial charge in [-0.1, -0.05) is 139 Å². The molecule has 2 nitrogen and oxygen atoms in total. The van der Waals surface area contributed by atoms with Crippen LogP contribution in [0.1, 0.15) is 117 Å². The highest BCUT2D eigenvalue weighted by molar-refractivity contribution is 6.21. The first-order valence-electron chi connectivity index (χ1n) is 23.7. The fraction of sp³-hybridized carbons (Fsp3) is 0.367. The molecule has 0 radical (unpaired) electrons. The Morgan fingerprint density at radius 2 is 0.774 bits per heavy atom. The van der Waals surface area contributed by atoms with Crippen molar-refractivity contribution in [3.8, 4) is 22.3 Å². The third-order valence-corrected chi connectivity index (χ3v) is 16.8. The highest BCUT2D eigenvalue weighted by atomic mass is 15.2. The van der Waals surface area contributed by atoms with Crippen molar-refractivity contribution in [1.29, 1.82) is 0 Å². The summed E-state index contributed by atoms with van der Waals surface area (Å²) in [4.78, 5) is 5.42.